The van der Waals surface area contributed by atoms with Crippen LogP contribution in [0.2, 0.25) is 0 Å². The number of pyridine rings is 2. The van der Waals surface area contributed by atoms with Gasteiger partial charge in [0.2, 0.25) is 0 Å². The maximum atomic E-state index is 4.58. The van der Waals surface area contributed by atoms with Crippen LogP contribution in [0.15, 0.2) is 244 Å². The first-order valence-corrected chi connectivity index (χ1v) is 31.5. The van der Waals surface area contributed by atoms with Crippen LogP contribution in [0.25, 0.3) is 101 Å². The second-order valence-electron chi connectivity index (χ2n) is 23.2. The topological polar surface area (TPSA) is 141 Å². The number of aromatic nitrogens is 14. The minimum Gasteiger partial charge on any atom is -0.381 e. The van der Waals surface area contributed by atoms with Gasteiger partial charge in [0.1, 0.15) is 0 Å². The third-order valence-corrected chi connectivity index (χ3v) is 16.2. The molecule has 521 valence electrons. The minimum absolute atomic E-state index is 0. The predicted octanol–water partition coefficient (Wildman–Crippen LogP) is 17.4. The third-order valence-electron chi connectivity index (χ3n) is 16.2. The molecule has 14 nitrogen and oxygen atoms in total. The zero-order valence-electron chi connectivity index (χ0n) is 57.5. The van der Waals surface area contributed by atoms with E-state index in [9.17, 15) is 0 Å². The third kappa shape index (κ3) is 19.9. The van der Waals surface area contributed by atoms with Gasteiger partial charge in [-0.2, -0.15) is 22.3 Å². The molecule has 0 bridgehead atoms. The summed E-state index contributed by atoms with van der Waals surface area (Å²) in [6.45, 7) is 16.9. The van der Waals surface area contributed by atoms with Crippen LogP contribution in [0.3, 0.4) is 0 Å². The van der Waals surface area contributed by atoms with Crippen molar-refractivity contribution < 1.29 is 101 Å². The van der Waals surface area contributed by atoms with Gasteiger partial charge in [0.05, 0.1) is 0 Å². The second kappa shape index (κ2) is 38.9. The van der Waals surface area contributed by atoms with Crippen molar-refractivity contribution >= 4 is 0 Å². The van der Waals surface area contributed by atoms with Crippen molar-refractivity contribution in [1.29, 1.82) is 0 Å². The molecule has 0 amide bonds. The van der Waals surface area contributed by atoms with Crippen LogP contribution in [0.4, 0.5) is 0 Å². The zero-order valence-corrected chi connectivity index (χ0v) is 69.5. The molecule has 0 aliphatic rings. The molecular formula is C82H73Ir5N14-5. The fourth-order valence-electron chi connectivity index (χ4n) is 11.7. The fourth-order valence-corrected chi connectivity index (χ4v) is 11.7. The van der Waals surface area contributed by atoms with E-state index in [-0.39, 0.29) is 101 Å². The SMILES string of the molecule is Cc1cccc(C)c1-c1ccc[c-]c1-c1ccn(C)n1.Cc1cccc(C)c1-c1ncc[c-]c1-c1ccn(C)n1.Cc1cccc(C)c1-c1ncc[c-]c1-n1cccn1.Cc1cccc(C)c1-c1ncn[c-]c1-n1cccn1.Cn1ccc(-c2[c-]cccc2-c2ccccc2)n1.[Ir].[Ir].[Ir].[Ir].[Ir]. The molecule has 0 aliphatic heterocycles. The van der Waals surface area contributed by atoms with Crippen molar-refractivity contribution in [2.75, 3.05) is 0 Å². The van der Waals surface area contributed by atoms with Crippen LogP contribution in [0.1, 0.15) is 44.5 Å². The summed E-state index contributed by atoms with van der Waals surface area (Å²) in [5.74, 6) is 0. The first-order chi connectivity index (χ1) is 46.7. The molecule has 8 heterocycles. The molecule has 7 aromatic carbocycles. The van der Waals surface area contributed by atoms with E-state index in [0.717, 1.165) is 78.9 Å². The molecule has 19 heteroatoms. The zero-order chi connectivity index (χ0) is 67.1. The maximum Gasteiger partial charge on any atom is 0.0493 e. The summed E-state index contributed by atoms with van der Waals surface area (Å²) in [5.41, 5.74) is 28.3. The minimum atomic E-state index is 0. The molecule has 15 rings (SSSR count). The molecule has 0 atom stereocenters. The Balaban J connectivity index is 0.000000196. The number of nitrogens with zero attached hydrogens (tertiary/aromatic N) is 14. The smallest absolute Gasteiger partial charge is 0.0493 e. The van der Waals surface area contributed by atoms with E-state index < -0.39 is 0 Å². The maximum absolute atomic E-state index is 4.58. The molecule has 101 heavy (non-hydrogen) atoms. The van der Waals surface area contributed by atoms with Crippen molar-refractivity contribution in [3.63, 3.8) is 0 Å². The predicted molar refractivity (Wildman–Crippen MR) is 383 cm³/mol. The first-order valence-electron chi connectivity index (χ1n) is 31.5. The first kappa shape index (κ1) is 81.2. The Kier molecular flexibility index (Phi) is 31.2. The fraction of sp³-hybridized carbons (Fsp3) is 0.134. The number of rotatable bonds is 10. The number of hydrogen-bond acceptors (Lipinski definition) is 9. The summed E-state index contributed by atoms with van der Waals surface area (Å²) in [7, 11) is 5.78. The van der Waals surface area contributed by atoms with E-state index in [2.05, 4.69) is 222 Å². The van der Waals surface area contributed by atoms with Crippen molar-refractivity contribution in [2.45, 2.75) is 55.4 Å². The van der Waals surface area contributed by atoms with Crippen molar-refractivity contribution in [3.05, 3.63) is 319 Å². The normalized spacial score (nSPS) is 10.1. The second-order valence-corrected chi connectivity index (χ2v) is 23.2. The van der Waals surface area contributed by atoms with Crippen LogP contribution in [-0.2, 0) is 122 Å². The monoisotopic (exact) mass is 2220 g/mol. The molecule has 0 unspecified atom stereocenters. The van der Waals surface area contributed by atoms with Crippen molar-refractivity contribution in [1.82, 2.24) is 68.8 Å². The molecule has 0 saturated heterocycles. The Morgan fingerprint density at radius 2 is 0.693 bits per heavy atom. The largest absolute Gasteiger partial charge is 0.381 e. The molecule has 0 aliphatic carbocycles. The molecule has 8 aromatic heterocycles. The Bertz CT molecular complexity index is 4720. The summed E-state index contributed by atoms with van der Waals surface area (Å²) in [4.78, 5) is 17.5. The van der Waals surface area contributed by atoms with Crippen LogP contribution in [0.5, 0.6) is 0 Å². The van der Waals surface area contributed by atoms with Crippen LogP contribution in [-0.4, -0.2) is 68.8 Å². The Morgan fingerprint density at radius 3 is 1.14 bits per heavy atom. The number of hydrogen-bond donors (Lipinski definition) is 0. The Labute approximate surface area is 660 Å². The Morgan fingerprint density at radius 1 is 0.307 bits per heavy atom. The summed E-state index contributed by atoms with van der Waals surface area (Å²) < 4.78 is 8.97. The quantitative estimate of drug-likeness (QED) is 0.122. The average molecular weight is 2220 g/mol. The van der Waals surface area contributed by atoms with E-state index >= 15 is 0 Å². The molecule has 15 aromatic rings. The molecule has 0 spiro atoms. The van der Waals surface area contributed by atoms with Gasteiger partial charge in [-0.25, -0.2) is 15.3 Å². The van der Waals surface area contributed by atoms with Gasteiger partial charge in [-0.05, 0) is 113 Å². The molecule has 0 fully saturated rings. The number of benzene rings is 7. The van der Waals surface area contributed by atoms with Gasteiger partial charge in [0, 0.05) is 188 Å². The van der Waals surface area contributed by atoms with Gasteiger partial charge >= 0.3 is 0 Å². The van der Waals surface area contributed by atoms with Crippen LogP contribution in [0, 0.1) is 85.9 Å². The van der Waals surface area contributed by atoms with E-state index in [1.807, 2.05) is 152 Å². The van der Waals surface area contributed by atoms with Gasteiger partial charge in [-0.15, -0.1) is 71.8 Å². The van der Waals surface area contributed by atoms with E-state index in [1.165, 1.54) is 73.1 Å². The van der Waals surface area contributed by atoms with Crippen LogP contribution < -0.4 is 0 Å². The van der Waals surface area contributed by atoms with Gasteiger partial charge in [-0.3, -0.25) is 23.4 Å². The van der Waals surface area contributed by atoms with Crippen molar-refractivity contribution in [2.24, 2.45) is 21.1 Å². The van der Waals surface area contributed by atoms with E-state index in [0.29, 0.717) is 0 Å². The summed E-state index contributed by atoms with van der Waals surface area (Å²) in [6, 6.07) is 74.3. The van der Waals surface area contributed by atoms with E-state index in [1.54, 1.807) is 38.8 Å². The van der Waals surface area contributed by atoms with E-state index in [4.69, 9.17) is 0 Å². The standard InChI is InChI=1S/C18H17N2.C17H16N3.C16H14N3.C16H13N2.C15H13N4.5Ir/c1-13-7-6-8-14(2)18(13)16-10-5-4-9-15(16)17-11-12-20(3)19-17;1-12-6-4-7-13(2)16(12)17-14(8-5-10-18-17)15-9-11-20(3)19-15;1-12-6-3-7-13(2)15(12)16-14(8-4-9-17-16)19-11-5-10-18-19;1-18-12-11-16(17-18)15-10-6-5-9-14(15)13-7-3-2-4-8-13;1-11-5-3-6-12(2)14(11)15-13(9-16-10-17-15)19-8-4-7-18-19;;;;;/h4-8,10-12H,1-3H3;4-7,9-11H,1-3H3;3-7,9-11H,1-2H3;2-9,11-12H,1H3;3-8,10H,1-2H3;;;;;/q5*-1;;;;;. The Hall–Kier alpha value is -8.78. The van der Waals surface area contributed by atoms with Crippen LogP contribution >= 0.6 is 0 Å². The molecule has 0 saturated carbocycles. The number of aryl methyl sites for hydroxylation is 11. The van der Waals surface area contributed by atoms with Gasteiger partial charge in [-0.1, -0.05) is 212 Å². The molecule has 5 radical (unpaired) electrons. The summed E-state index contributed by atoms with van der Waals surface area (Å²) in [5, 5.41) is 22.0. The molecular weight excluding hydrogens is 2140 g/mol. The van der Waals surface area contributed by atoms with Gasteiger partial charge in [0.15, 0.2) is 0 Å². The average Bonchev–Trinajstić information content (AvgIpc) is 1.81. The summed E-state index contributed by atoms with van der Waals surface area (Å²) in [6.07, 6.45) is 21.2. The summed E-state index contributed by atoms with van der Waals surface area (Å²) >= 11 is 0. The van der Waals surface area contributed by atoms with Crippen molar-refractivity contribution in [3.8, 4) is 101 Å². The van der Waals surface area contributed by atoms with Gasteiger partial charge < -0.3 is 19.9 Å². The molecule has 0 N–H and O–H groups in total. The van der Waals surface area contributed by atoms with Gasteiger partial charge in [0.25, 0.3) is 0 Å².